The largest absolute Gasteiger partial charge is 0.388 e. The first-order chi connectivity index (χ1) is 7.10. The second-order valence-corrected chi connectivity index (χ2v) is 5.42. The Morgan fingerprint density at radius 1 is 1.67 bits per heavy atom. The summed E-state index contributed by atoms with van der Waals surface area (Å²) in [6.45, 7) is 2.70. The van der Waals surface area contributed by atoms with Gasteiger partial charge in [0.25, 0.3) is 0 Å². The second kappa shape index (κ2) is 3.89. The van der Waals surface area contributed by atoms with Crippen LogP contribution < -0.4 is 5.73 Å². The highest BCUT2D eigenvalue weighted by Gasteiger charge is 2.55. The lowest BCUT2D eigenvalue weighted by Gasteiger charge is -2.22. The molecule has 1 fully saturated rings. The molecule has 1 saturated carbocycles. The van der Waals surface area contributed by atoms with Crippen LogP contribution in [-0.4, -0.2) is 11.7 Å². The Labute approximate surface area is 98.6 Å². The van der Waals surface area contributed by atoms with Crippen molar-refractivity contribution < 1.29 is 5.11 Å². The molecule has 0 unspecified atom stereocenters. The normalized spacial score (nSPS) is 31.3. The molecule has 3 atom stereocenters. The van der Waals surface area contributed by atoms with E-state index in [0.717, 1.165) is 16.5 Å². The molecule has 0 saturated heterocycles. The van der Waals surface area contributed by atoms with Gasteiger partial charge in [-0.25, -0.2) is 0 Å². The SMILES string of the molecule is C[C@@H]1C[C@]1(CN)[C@H](O)c1cccc(Br)c1. The van der Waals surface area contributed by atoms with Gasteiger partial charge in [0.2, 0.25) is 0 Å². The van der Waals surface area contributed by atoms with E-state index in [1.54, 1.807) is 0 Å². The average molecular weight is 270 g/mol. The lowest BCUT2D eigenvalue weighted by molar-refractivity contribution is 0.0888. The molecular weight excluding hydrogens is 254 g/mol. The molecule has 1 aromatic rings. The minimum Gasteiger partial charge on any atom is -0.388 e. The Morgan fingerprint density at radius 3 is 2.80 bits per heavy atom. The van der Waals surface area contributed by atoms with Gasteiger partial charge in [0.15, 0.2) is 0 Å². The molecule has 82 valence electrons. The fourth-order valence-corrected chi connectivity index (χ4v) is 2.71. The highest BCUT2D eigenvalue weighted by atomic mass is 79.9. The zero-order valence-electron chi connectivity index (χ0n) is 8.78. The van der Waals surface area contributed by atoms with Crippen LogP contribution >= 0.6 is 15.9 Å². The summed E-state index contributed by atoms with van der Waals surface area (Å²) in [6, 6.07) is 7.83. The Bertz CT molecular complexity index is 364. The number of benzene rings is 1. The van der Waals surface area contributed by atoms with Gasteiger partial charge in [-0.3, -0.25) is 0 Å². The highest BCUT2D eigenvalue weighted by molar-refractivity contribution is 9.10. The van der Waals surface area contributed by atoms with Crippen LogP contribution in [0.15, 0.2) is 28.7 Å². The summed E-state index contributed by atoms with van der Waals surface area (Å²) in [6.07, 6.45) is 0.590. The number of aliphatic hydroxyl groups is 1. The van der Waals surface area contributed by atoms with Crippen LogP contribution in [0.2, 0.25) is 0 Å². The zero-order chi connectivity index (χ0) is 11.1. The molecule has 0 amide bonds. The predicted molar refractivity (Wildman–Crippen MR) is 64.4 cm³/mol. The minimum absolute atomic E-state index is 0.0825. The van der Waals surface area contributed by atoms with Crippen molar-refractivity contribution in [2.24, 2.45) is 17.1 Å². The van der Waals surface area contributed by atoms with Crippen molar-refractivity contribution in [1.82, 2.24) is 0 Å². The summed E-state index contributed by atoms with van der Waals surface area (Å²) in [5.41, 5.74) is 6.64. The number of halogens is 1. The van der Waals surface area contributed by atoms with Crippen LogP contribution in [0, 0.1) is 11.3 Å². The van der Waals surface area contributed by atoms with Crippen molar-refractivity contribution in [3.05, 3.63) is 34.3 Å². The van der Waals surface area contributed by atoms with Crippen molar-refractivity contribution in [1.29, 1.82) is 0 Å². The Hall–Kier alpha value is -0.380. The first-order valence-electron chi connectivity index (χ1n) is 5.24. The van der Waals surface area contributed by atoms with Crippen molar-refractivity contribution in [2.75, 3.05) is 6.54 Å². The van der Waals surface area contributed by atoms with Crippen LogP contribution in [-0.2, 0) is 0 Å². The van der Waals surface area contributed by atoms with Gasteiger partial charge in [-0.2, -0.15) is 0 Å². The van der Waals surface area contributed by atoms with E-state index in [1.807, 2.05) is 24.3 Å². The molecule has 0 radical (unpaired) electrons. The summed E-state index contributed by atoms with van der Waals surface area (Å²) in [5.74, 6) is 0.525. The number of hydrogen-bond donors (Lipinski definition) is 2. The topological polar surface area (TPSA) is 46.2 Å². The summed E-state index contributed by atoms with van der Waals surface area (Å²) < 4.78 is 1.000. The standard InChI is InChI=1S/C12H16BrNO/c1-8-6-12(8,7-14)11(15)9-3-2-4-10(13)5-9/h2-5,8,11,15H,6-7,14H2,1H3/t8-,11-,12-/m1/s1. The molecule has 15 heavy (non-hydrogen) atoms. The van der Waals surface area contributed by atoms with Gasteiger partial charge < -0.3 is 10.8 Å². The van der Waals surface area contributed by atoms with Crippen molar-refractivity contribution >= 4 is 15.9 Å². The number of hydrogen-bond acceptors (Lipinski definition) is 2. The van der Waals surface area contributed by atoms with Crippen molar-refractivity contribution in [3.63, 3.8) is 0 Å². The maximum Gasteiger partial charge on any atom is 0.0861 e. The van der Waals surface area contributed by atoms with E-state index in [2.05, 4.69) is 22.9 Å². The highest BCUT2D eigenvalue weighted by Crippen LogP contribution is 2.59. The van der Waals surface area contributed by atoms with Crippen molar-refractivity contribution in [3.8, 4) is 0 Å². The van der Waals surface area contributed by atoms with Gasteiger partial charge >= 0.3 is 0 Å². The van der Waals surface area contributed by atoms with E-state index in [-0.39, 0.29) is 5.41 Å². The summed E-state index contributed by atoms with van der Waals surface area (Å²) in [7, 11) is 0. The predicted octanol–water partition coefficient (Wildman–Crippen LogP) is 2.47. The van der Waals surface area contributed by atoms with Crippen LogP contribution in [0.4, 0.5) is 0 Å². The van der Waals surface area contributed by atoms with Gasteiger partial charge in [0.1, 0.15) is 0 Å². The maximum atomic E-state index is 10.3. The minimum atomic E-state index is -0.435. The van der Waals surface area contributed by atoms with Crippen LogP contribution in [0.1, 0.15) is 25.0 Å². The molecule has 0 bridgehead atoms. The lowest BCUT2D eigenvalue weighted by atomic mass is 9.91. The molecule has 0 heterocycles. The molecule has 0 spiro atoms. The molecule has 2 rings (SSSR count). The first-order valence-corrected chi connectivity index (χ1v) is 6.03. The maximum absolute atomic E-state index is 10.3. The van der Waals surface area contributed by atoms with Crippen LogP contribution in [0.3, 0.4) is 0 Å². The number of rotatable bonds is 3. The Balaban J connectivity index is 2.25. The van der Waals surface area contributed by atoms with Gasteiger partial charge in [-0.15, -0.1) is 0 Å². The molecule has 1 aromatic carbocycles. The second-order valence-electron chi connectivity index (χ2n) is 4.50. The molecular formula is C12H16BrNO. The van der Waals surface area contributed by atoms with E-state index in [4.69, 9.17) is 5.73 Å². The molecule has 1 aliphatic carbocycles. The first kappa shape index (κ1) is 11.1. The van der Waals surface area contributed by atoms with E-state index in [9.17, 15) is 5.11 Å². The van der Waals surface area contributed by atoms with Gasteiger partial charge in [0, 0.05) is 16.4 Å². The fourth-order valence-electron chi connectivity index (χ4n) is 2.30. The van der Waals surface area contributed by atoms with Gasteiger partial charge in [-0.05, 0) is 30.0 Å². The Morgan fingerprint density at radius 2 is 2.33 bits per heavy atom. The molecule has 0 aliphatic heterocycles. The third kappa shape index (κ3) is 1.84. The van der Waals surface area contributed by atoms with E-state index >= 15 is 0 Å². The smallest absolute Gasteiger partial charge is 0.0861 e. The number of aliphatic hydroxyl groups excluding tert-OH is 1. The third-order valence-corrected chi connectivity index (χ3v) is 4.09. The quantitative estimate of drug-likeness (QED) is 0.886. The van der Waals surface area contributed by atoms with Crippen molar-refractivity contribution in [2.45, 2.75) is 19.4 Å². The van der Waals surface area contributed by atoms with E-state index in [1.165, 1.54) is 0 Å². The average Bonchev–Trinajstić information content (AvgIpc) is 2.90. The molecule has 1 aliphatic rings. The molecule has 3 N–H and O–H groups in total. The summed E-state index contributed by atoms with van der Waals surface area (Å²) >= 11 is 3.41. The van der Waals surface area contributed by atoms with Crippen LogP contribution in [0.25, 0.3) is 0 Å². The van der Waals surface area contributed by atoms with Gasteiger partial charge in [0.05, 0.1) is 6.10 Å². The summed E-state index contributed by atoms with van der Waals surface area (Å²) in [5, 5.41) is 10.3. The fraction of sp³-hybridized carbons (Fsp3) is 0.500. The lowest BCUT2D eigenvalue weighted by Crippen LogP contribution is -2.25. The van der Waals surface area contributed by atoms with E-state index < -0.39 is 6.10 Å². The zero-order valence-corrected chi connectivity index (χ0v) is 10.4. The number of nitrogens with two attached hydrogens (primary N) is 1. The monoisotopic (exact) mass is 269 g/mol. The van der Waals surface area contributed by atoms with Crippen LogP contribution in [0.5, 0.6) is 0 Å². The molecule has 3 heteroatoms. The summed E-state index contributed by atoms with van der Waals surface area (Å²) in [4.78, 5) is 0. The Kier molecular flexibility index (Phi) is 2.88. The molecule has 0 aromatic heterocycles. The molecule has 2 nitrogen and oxygen atoms in total. The van der Waals surface area contributed by atoms with E-state index in [0.29, 0.717) is 12.5 Å². The van der Waals surface area contributed by atoms with Gasteiger partial charge in [-0.1, -0.05) is 35.0 Å². The third-order valence-electron chi connectivity index (χ3n) is 3.60.